The Morgan fingerprint density at radius 2 is 1.69 bits per heavy atom. The van der Waals surface area contributed by atoms with Crippen LogP contribution in [0.4, 0.5) is 4.39 Å². The van der Waals surface area contributed by atoms with Crippen molar-refractivity contribution in [3.63, 3.8) is 0 Å². The van der Waals surface area contributed by atoms with Gasteiger partial charge in [0.05, 0.1) is 23.0 Å². The molecule has 3 atom stereocenters. The average molecular weight is 502 g/mol. The van der Waals surface area contributed by atoms with E-state index in [2.05, 4.69) is 10.2 Å². The Labute approximate surface area is 208 Å². The fraction of sp³-hybridized carbons (Fsp3) is 0.423. The van der Waals surface area contributed by atoms with Gasteiger partial charge in [-0.25, -0.2) is 4.39 Å². The number of nitrogens with zero attached hydrogens (tertiary/aromatic N) is 2. The second-order valence-electron chi connectivity index (χ2n) is 9.30. The van der Waals surface area contributed by atoms with Gasteiger partial charge in [-0.2, -0.15) is 0 Å². The largest absolute Gasteiger partial charge is 0.481 e. The van der Waals surface area contributed by atoms with E-state index in [0.717, 1.165) is 25.2 Å². The molecule has 0 radical (unpaired) electrons. The number of nitrogens with one attached hydrogen (secondary N) is 1. The molecule has 0 spiro atoms. The first kappa shape index (κ1) is 25.1. The zero-order valence-corrected chi connectivity index (χ0v) is 20.1. The third-order valence-corrected chi connectivity index (χ3v) is 7.18. The summed E-state index contributed by atoms with van der Waals surface area (Å²) in [6.45, 7) is 3.55. The number of carbonyl (C=O) groups is 3. The smallest absolute Gasteiger partial charge is 0.303 e. The summed E-state index contributed by atoms with van der Waals surface area (Å²) in [7, 11) is 0. The molecule has 2 unspecified atom stereocenters. The molecule has 0 bridgehead atoms. The quantitative estimate of drug-likeness (QED) is 0.548. The lowest BCUT2D eigenvalue weighted by Gasteiger charge is -2.25. The summed E-state index contributed by atoms with van der Waals surface area (Å²) in [6.07, 6.45) is 0.439. The highest BCUT2D eigenvalue weighted by Gasteiger charge is 2.42. The second-order valence-corrected chi connectivity index (χ2v) is 9.71. The number of fused-ring (bicyclic) bond motifs is 1. The van der Waals surface area contributed by atoms with Crippen LogP contribution in [-0.4, -0.2) is 65.4 Å². The topological polar surface area (TPSA) is 89.9 Å². The van der Waals surface area contributed by atoms with E-state index < -0.39 is 11.8 Å². The molecule has 2 aromatic rings. The fourth-order valence-corrected chi connectivity index (χ4v) is 5.35. The highest BCUT2D eigenvalue weighted by Crippen LogP contribution is 2.33. The maximum Gasteiger partial charge on any atom is 0.303 e. The van der Waals surface area contributed by atoms with Gasteiger partial charge in [-0.1, -0.05) is 48.0 Å². The molecule has 9 heteroatoms. The highest BCUT2D eigenvalue weighted by atomic mass is 35.5. The predicted molar refractivity (Wildman–Crippen MR) is 130 cm³/mol. The van der Waals surface area contributed by atoms with Crippen molar-refractivity contribution in [3.05, 3.63) is 70.5 Å². The van der Waals surface area contributed by atoms with E-state index in [-0.39, 0.29) is 41.3 Å². The molecule has 2 fully saturated rings. The van der Waals surface area contributed by atoms with Crippen LogP contribution in [0.15, 0.2) is 48.5 Å². The Balaban J connectivity index is 1.32. The van der Waals surface area contributed by atoms with Crippen molar-refractivity contribution in [3.8, 4) is 0 Å². The minimum absolute atomic E-state index is 0.0532. The van der Waals surface area contributed by atoms with Crippen molar-refractivity contribution in [1.29, 1.82) is 0 Å². The zero-order valence-electron chi connectivity index (χ0n) is 19.3. The summed E-state index contributed by atoms with van der Waals surface area (Å²) in [6, 6.07) is 13.7. The first-order valence-corrected chi connectivity index (χ1v) is 12.2. The summed E-state index contributed by atoms with van der Waals surface area (Å²) in [5.74, 6) is -1.61. The molecule has 2 aromatic carbocycles. The Morgan fingerprint density at radius 3 is 2.31 bits per heavy atom. The van der Waals surface area contributed by atoms with Gasteiger partial charge >= 0.3 is 5.97 Å². The van der Waals surface area contributed by atoms with Crippen molar-refractivity contribution in [1.82, 2.24) is 15.1 Å². The van der Waals surface area contributed by atoms with E-state index in [1.807, 2.05) is 30.3 Å². The number of carboxylic acids is 1. The van der Waals surface area contributed by atoms with Crippen molar-refractivity contribution in [2.75, 3.05) is 32.7 Å². The molecule has 7 nitrogen and oxygen atoms in total. The molecule has 2 amide bonds. The lowest BCUT2D eigenvalue weighted by atomic mass is 10.0. The summed E-state index contributed by atoms with van der Waals surface area (Å²) >= 11 is 6.08. The maximum absolute atomic E-state index is 14.2. The molecule has 2 saturated heterocycles. The number of rotatable bonds is 9. The van der Waals surface area contributed by atoms with Gasteiger partial charge in [0.1, 0.15) is 5.82 Å². The summed E-state index contributed by atoms with van der Waals surface area (Å²) in [4.78, 5) is 40.0. The predicted octanol–water partition coefficient (Wildman–Crippen LogP) is 3.60. The van der Waals surface area contributed by atoms with Crippen molar-refractivity contribution >= 4 is 29.4 Å². The molecule has 0 aliphatic carbocycles. The minimum atomic E-state index is -0.996. The first-order valence-electron chi connectivity index (χ1n) is 11.8. The fourth-order valence-electron chi connectivity index (χ4n) is 5.11. The van der Waals surface area contributed by atoms with Gasteiger partial charge in [-0.3, -0.25) is 14.4 Å². The molecular formula is C26H29ClFN3O4. The van der Waals surface area contributed by atoms with E-state index in [1.165, 1.54) is 18.2 Å². The molecule has 2 aliphatic rings. The van der Waals surface area contributed by atoms with E-state index in [1.54, 1.807) is 4.90 Å². The van der Waals surface area contributed by atoms with Gasteiger partial charge in [0, 0.05) is 39.1 Å². The number of likely N-dealkylation sites (tertiary alicyclic amines) is 2. The normalized spacial score (nSPS) is 20.5. The van der Waals surface area contributed by atoms with Crippen LogP contribution in [0.3, 0.4) is 0 Å². The molecule has 2 heterocycles. The van der Waals surface area contributed by atoms with Crippen LogP contribution in [0.1, 0.15) is 41.2 Å². The maximum atomic E-state index is 14.2. The van der Waals surface area contributed by atoms with Crippen LogP contribution in [0.5, 0.6) is 0 Å². The molecule has 35 heavy (non-hydrogen) atoms. The Kier molecular flexibility index (Phi) is 8.03. The summed E-state index contributed by atoms with van der Waals surface area (Å²) in [5, 5.41) is 12.0. The number of hydrogen-bond donors (Lipinski definition) is 2. The molecule has 4 rings (SSSR count). The number of benzene rings is 2. The Hall–Kier alpha value is -2.97. The van der Waals surface area contributed by atoms with E-state index in [4.69, 9.17) is 16.7 Å². The van der Waals surface area contributed by atoms with E-state index in [9.17, 15) is 18.8 Å². The van der Waals surface area contributed by atoms with Gasteiger partial charge in [0.25, 0.3) is 5.91 Å². The van der Waals surface area contributed by atoms with Gasteiger partial charge in [0.2, 0.25) is 5.91 Å². The third-order valence-electron chi connectivity index (χ3n) is 6.86. The van der Waals surface area contributed by atoms with Crippen LogP contribution < -0.4 is 5.32 Å². The number of aliphatic carboxylic acids is 1. The van der Waals surface area contributed by atoms with Crippen LogP contribution in [0.25, 0.3) is 0 Å². The SMILES string of the molecule is O=C(O)CCC(=O)N[C@@H](CCN1CC2CN(C(=O)c3c(F)cccc3Cl)CC2C1)c1ccccc1. The van der Waals surface area contributed by atoms with Crippen LogP contribution in [0.2, 0.25) is 5.02 Å². The summed E-state index contributed by atoms with van der Waals surface area (Å²) < 4.78 is 14.2. The monoisotopic (exact) mass is 501 g/mol. The lowest BCUT2D eigenvalue weighted by molar-refractivity contribution is -0.138. The summed E-state index contributed by atoms with van der Waals surface area (Å²) in [5.41, 5.74) is 0.921. The molecular weight excluding hydrogens is 473 g/mol. The number of halogens is 2. The van der Waals surface area contributed by atoms with Crippen LogP contribution in [0, 0.1) is 17.7 Å². The number of hydrogen-bond acceptors (Lipinski definition) is 4. The second kappa shape index (κ2) is 11.2. The Morgan fingerprint density at radius 1 is 1.00 bits per heavy atom. The van der Waals surface area contributed by atoms with Crippen LogP contribution >= 0.6 is 11.6 Å². The van der Waals surface area contributed by atoms with Crippen molar-refractivity contribution in [2.24, 2.45) is 11.8 Å². The lowest BCUT2D eigenvalue weighted by Crippen LogP contribution is -2.35. The van der Waals surface area contributed by atoms with Gasteiger partial charge in [-0.05, 0) is 36.0 Å². The minimum Gasteiger partial charge on any atom is -0.481 e. The number of amides is 2. The standard InChI is InChI=1S/C26H29ClFN3O4/c27-20-7-4-8-21(28)25(20)26(35)31-15-18-13-30(14-19(18)16-31)12-11-22(17-5-2-1-3-6-17)29-23(32)9-10-24(33)34/h1-8,18-19,22H,9-16H2,(H,29,32)(H,33,34)/t18?,19?,22-/m0/s1. The van der Waals surface area contributed by atoms with Crippen LogP contribution in [-0.2, 0) is 9.59 Å². The van der Waals surface area contributed by atoms with Gasteiger partial charge in [0.15, 0.2) is 0 Å². The molecule has 0 saturated carbocycles. The molecule has 2 N–H and O–H groups in total. The first-order chi connectivity index (χ1) is 16.8. The molecule has 2 aliphatic heterocycles. The average Bonchev–Trinajstić information content (AvgIpc) is 3.40. The van der Waals surface area contributed by atoms with Crippen molar-refractivity contribution < 1.29 is 23.9 Å². The van der Waals surface area contributed by atoms with Crippen molar-refractivity contribution in [2.45, 2.75) is 25.3 Å². The zero-order chi connectivity index (χ0) is 24.9. The Bertz CT molecular complexity index is 1050. The van der Waals surface area contributed by atoms with Gasteiger partial charge < -0.3 is 20.2 Å². The third kappa shape index (κ3) is 6.18. The van der Waals surface area contributed by atoms with E-state index in [0.29, 0.717) is 31.3 Å². The molecule has 0 aromatic heterocycles. The van der Waals surface area contributed by atoms with Gasteiger partial charge in [-0.15, -0.1) is 0 Å². The highest BCUT2D eigenvalue weighted by molar-refractivity contribution is 6.33. The number of carboxylic acid groups (broad SMARTS) is 1. The van der Waals surface area contributed by atoms with E-state index >= 15 is 0 Å². The number of carbonyl (C=O) groups excluding carboxylic acids is 2. The molecule has 186 valence electrons.